The van der Waals surface area contributed by atoms with E-state index in [9.17, 15) is 0 Å². The maximum absolute atomic E-state index is 5.81. The molecule has 0 amide bonds. The molecule has 3 aromatic rings. The Hall–Kier alpha value is -1.92. The van der Waals surface area contributed by atoms with Crippen molar-refractivity contribution in [1.82, 2.24) is 10.1 Å². The number of nitrogens with zero attached hydrogens (tertiary/aromatic N) is 2. The Kier molecular flexibility index (Phi) is 2.71. The van der Waals surface area contributed by atoms with E-state index in [4.69, 9.17) is 14.0 Å². The molecule has 0 N–H and O–H groups in total. The highest BCUT2D eigenvalue weighted by atomic mass is 32.1. The first kappa shape index (κ1) is 11.9. The van der Waals surface area contributed by atoms with Crippen molar-refractivity contribution in [2.24, 2.45) is 0 Å². The molecule has 1 aromatic carbocycles. The van der Waals surface area contributed by atoms with Crippen LogP contribution in [-0.4, -0.2) is 29.5 Å². The summed E-state index contributed by atoms with van der Waals surface area (Å²) >= 11 is 1.62. The van der Waals surface area contributed by atoms with Crippen LogP contribution < -0.4 is 4.74 Å². The molecule has 5 nitrogen and oxygen atoms in total. The van der Waals surface area contributed by atoms with Crippen LogP contribution in [0.1, 0.15) is 5.82 Å². The van der Waals surface area contributed by atoms with Crippen molar-refractivity contribution in [2.45, 2.75) is 13.0 Å². The number of rotatable bonds is 4. The Morgan fingerprint density at radius 1 is 1.45 bits per heavy atom. The number of ether oxygens (including phenoxy) is 2. The average Bonchev–Trinajstić information content (AvgIpc) is 3.00. The van der Waals surface area contributed by atoms with Crippen LogP contribution in [0.3, 0.4) is 0 Å². The monoisotopic (exact) mass is 288 g/mol. The Balaban J connectivity index is 1.72. The maximum atomic E-state index is 5.81. The maximum Gasteiger partial charge on any atom is 0.268 e. The van der Waals surface area contributed by atoms with Gasteiger partial charge in [0, 0.05) is 10.1 Å². The van der Waals surface area contributed by atoms with Gasteiger partial charge >= 0.3 is 0 Å². The fourth-order valence-corrected chi connectivity index (χ4v) is 3.01. The van der Waals surface area contributed by atoms with Gasteiger partial charge in [0.05, 0.1) is 11.5 Å². The lowest BCUT2D eigenvalue weighted by molar-refractivity contribution is 0.265. The first-order valence-corrected chi connectivity index (χ1v) is 7.19. The van der Waals surface area contributed by atoms with Gasteiger partial charge in [-0.25, -0.2) is 0 Å². The molecule has 0 spiro atoms. The van der Waals surface area contributed by atoms with Crippen LogP contribution in [0.4, 0.5) is 0 Å². The van der Waals surface area contributed by atoms with Gasteiger partial charge in [0.25, 0.3) is 5.89 Å². The third kappa shape index (κ3) is 2.17. The van der Waals surface area contributed by atoms with Crippen LogP contribution in [0.25, 0.3) is 20.9 Å². The summed E-state index contributed by atoms with van der Waals surface area (Å²) in [7, 11) is 0. The quantitative estimate of drug-likeness (QED) is 0.691. The van der Waals surface area contributed by atoms with Crippen molar-refractivity contribution in [3.63, 3.8) is 0 Å². The number of aromatic nitrogens is 2. The normalized spacial score (nSPS) is 17.6. The van der Waals surface area contributed by atoms with E-state index < -0.39 is 0 Å². The van der Waals surface area contributed by atoms with Crippen LogP contribution in [0, 0.1) is 6.92 Å². The van der Waals surface area contributed by atoms with E-state index in [0.29, 0.717) is 18.3 Å². The predicted molar refractivity (Wildman–Crippen MR) is 75.1 cm³/mol. The molecule has 3 heterocycles. The van der Waals surface area contributed by atoms with Gasteiger partial charge in [-0.2, -0.15) is 4.98 Å². The fraction of sp³-hybridized carbons (Fsp3) is 0.286. The second-order valence-electron chi connectivity index (χ2n) is 4.69. The molecule has 1 fully saturated rings. The molecule has 1 atom stereocenters. The van der Waals surface area contributed by atoms with E-state index >= 15 is 0 Å². The van der Waals surface area contributed by atoms with E-state index in [0.717, 1.165) is 27.3 Å². The molecule has 1 aliphatic rings. The van der Waals surface area contributed by atoms with Gasteiger partial charge in [-0.15, -0.1) is 11.3 Å². The number of benzene rings is 1. The topological polar surface area (TPSA) is 60.7 Å². The van der Waals surface area contributed by atoms with Gasteiger partial charge in [0.2, 0.25) is 0 Å². The molecule has 102 valence electrons. The molecular weight excluding hydrogens is 276 g/mol. The minimum Gasteiger partial charge on any atom is -0.490 e. The average molecular weight is 288 g/mol. The summed E-state index contributed by atoms with van der Waals surface area (Å²) < 4.78 is 17.3. The Morgan fingerprint density at radius 3 is 3.10 bits per heavy atom. The minimum absolute atomic E-state index is 0.252. The molecule has 0 unspecified atom stereocenters. The van der Waals surface area contributed by atoms with Crippen LogP contribution in [0.5, 0.6) is 5.75 Å². The largest absolute Gasteiger partial charge is 0.490 e. The fourth-order valence-electron chi connectivity index (χ4n) is 2.01. The second-order valence-corrected chi connectivity index (χ2v) is 5.78. The highest BCUT2D eigenvalue weighted by Gasteiger charge is 2.23. The van der Waals surface area contributed by atoms with E-state index in [-0.39, 0.29) is 6.10 Å². The van der Waals surface area contributed by atoms with Crippen molar-refractivity contribution >= 4 is 21.4 Å². The Bertz CT molecular complexity index is 761. The number of hydrogen-bond donors (Lipinski definition) is 0. The molecule has 0 bridgehead atoms. The van der Waals surface area contributed by atoms with Crippen LogP contribution in [-0.2, 0) is 4.74 Å². The predicted octanol–water partition coefficient (Wildman–Crippen LogP) is 3.04. The van der Waals surface area contributed by atoms with Gasteiger partial charge in [0.15, 0.2) is 5.82 Å². The zero-order chi connectivity index (χ0) is 13.5. The third-order valence-corrected chi connectivity index (χ3v) is 4.18. The molecule has 20 heavy (non-hydrogen) atoms. The van der Waals surface area contributed by atoms with Crippen LogP contribution in [0.2, 0.25) is 0 Å². The summed E-state index contributed by atoms with van der Waals surface area (Å²) in [5.74, 6) is 2.07. The lowest BCUT2D eigenvalue weighted by Gasteiger charge is -2.04. The third-order valence-electron chi connectivity index (χ3n) is 3.09. The van der Waals surface area contributed by atoms with E-state index in [1.54, 1.807) is 11.3 Å². The number of epoxide rings is 1. The number of thiophene rings is 1. The molecule has 6 heteroatoms. The Morgan fingerprint density at radius 2 is 2.35 bits per heavy atom. The van der Waals surface area contributed by atoms with Gasteiger partial charge < -0.3 is 14.0 Å². The smallest absolute Gasteiger partial charge is 0.268 e. The van der Waals surface area contributed by atoms with E-state index in [2.05, 4.69) is 16.2 Å². The summed E-state index contributed by atoms with van der Waals surface area (Å²) in [6, 6.07) is 8.06. The molecule has 1 saturated heterocycles. The Labute approximate surface area is 119 Å². The number of fused-ring (bicyclic) bond motifs is 1. The van der Waals surface area contributed by atoms with Crippen molar-refractivity contribution in [3.05, 3.63) is 30.1 Å². The van der Waals surface area contributed by atoms with E-state index in [1.807, 2.05) is 25.1 Å². The number of hydrogen-bond acceptors (Lipinski definition) is 6. The van der Waals surface area contributed by atoms with Gasteiger partial charge in [-0.05, 0) is 25.1 Å². The molecule has 0 radical (unpaired) electrons. The number of aryl methyl sites for hydroxylation is 1. The molecule has 2 aromatic heterocycles. The standard InChI is InChI=1S/C14H12N2O3S/c1-8-15-14(19-16-8)13-5-10-11(18-7-9-6-17-9)3-2-4-12(10)20-13/h2-5,9H,6-7H2,1H3/t9-/m0/s1. The zero-order valence-corrected chi connectivity index (χ0v) is 11.6. The summed E-state index contributed by atoms with van der Waals surface area (Å²) in [5.41, 5.74) is 0. The molecule has 0 saturated carbocycles. The SMILES string of the molecule is Cc1noc(-c2cc3c(OC[C@@H]4CO4)cccc3s2)n1. The van der Waals surface area contributed by atoms with Crippen molar-refractivity contribution in [1.29, 1.82) is 0 Å². The zero-order valence-electron chi connectivity index (χ0n) is 10.8. The highest BCUT2D eigenvalue weighted by molar-refractivity contribution is 7.22. The minimum atomic E-state index is 0.252. The van der Waals surface area contributed by atoms with Crippen LogP contribution in [0.15, 0.2) is 28.8 Å². The lowest BCUT2D eigenvalue weighted by Crippen LogP contribution is -2.03. The van der Waals surface area contributed by atoms with Crippen molar-refractivity contribution in [2.75, 3.05) is 13.2 Å². The summed E-state index contributed by atoms with van der Waals surface area (Å²) in [6.45, 7) is 3.21. The summed E-state index contributed by atoms with van der Waals surface area (Å²) in [6.07, 6.45) is 0.252. The summed E-state index contributed by atoms with van der Waals surface area (Å²) in [4.78, 5) is 5.22. The van der Waals surface area contributed by atoms with Crippen molar-refractivity contribution < 1.29 is 14.0 Å². The molecular formula is C14H12N2O3S. The second kappa shape index (κ2) is 4.57. The van der Waals surface area contributed by atoms with Crippen molar-refractivity contribution in [3.8, 4) is 16.5 Å². The summed E-state index contributed by atoms with van der Waals surface area (Å²) in [5, 5.41) is 4.90. The first-order chi connectivity index (χ1) is 9.79. The lowest BCUT2D eigenvalue weighted by atomic mass is 10.2. The molecule has 0 aliphatic carbocycles. The van der Waals surface area contributed by atoms with Gasteiger partial charge in [-0.3, -0.25) is 0 Å². The highest BCUT2D eigenvalue weighted by Crippen LogP contribution is 2.37. The molecule has 4 rings (SSSR count). The van der Waals surface area contributed by atoms with Crippen LogP contribution >= 0.6 is 11.3 Å². The van der Waals surface area contributed by atoms with Gasteiger partial charge in [0.1, 0.15) is 18.5 Å². The molecule has 1 aliphatic heterocycles. The van der Waals surface area contributed by atoms with Gasteiger partial charge in [-0.1, -0.05) is 11.2 Å². The van der Waals surface area contributed by atoms with E-state index in [1.165, 1.54) is 0 Å². The first-order valence-electron chi connectivity index (χ1n) is 6.37.